The molecule has 2 aromatic rings. The Balaban J connectivity index is 1.96. The Kier molecular flexibility index (Phi) is 4.05. The minimum Gasteiger partial charge on any atom is -0.485 e. The Hall–Kier alpha value is -1.32. The number of fused-ring (bicyclic) bond motifs is 1. The summed E-state index contributed by atoms with van der Waals surface area (Å²) in [6.07, 6.45) is 1.05. The fourth-order valence-corrected chi connectivity index (χ4v) is 3.18. The molecule has 110 valence electrons. The summed E-state index contributed by atoms with van der Waals surface area (Å²) in [7, 11) is 2.02. The van der Waals surface area contributed by atoms with Crippen LogP contribution in [0, 0.1) is 13.8 Å². The van der Waals surface area contributed by atoms with Gasteiger partial charge in [-0.15, -0.1) is 0 Å². The van der Waals surface area contributed by atoms with Gasteiger partial charge in [0.05, 0.1) is 0 Å². The van der Waals surface area contributed by atoms with E-state index in [1.165, 1.54) is 22.3 Å². The van der Waals surface area contributed by atoms with E-state index in [1.807, 2.05) is 7.05 Å². The minimum absolute atomic E-state index is 0.101. The Labute approximate surface area is 134 Å². The van der Waals surface area contributed by atoms with Crippen molar-refractivity contribution in [1.82, 2.24) is 5.32 Å². The first-order valence-electron chi connectivity index (χ1n) is 7.29. The van der Waals surface area contributed by atoms with E-state index in [0.29, 0.717) is 6.04 Å². The van der Waals surface area contributed by atoms with E-state index in [-0.39, 0.29) is 6.10 Å². The zero-order chi connectivity index (χ0) is 15.0. The van der Waals surface area contributed by atoms with Crippen LogP contribution in [-0.4, -0.2) is 7.05 Å². The van der Waals surface area contributed by atoms with Crippen molar-refractivity contribution in [3.05, 3.63) is 63.1 Å². The molecule has 0 fully saturated rings. The van der Waals surface area contributed by atoms with Gasteiger partial charge in [-0.1, -0.05) is 45.8 Å². The van der Waals surface area contributed by atoms with Crippen LogP contribution in [0.3, 0.4) is 0 Å². The molecular formula is C18H20BrNO. The van der Waals surface area contributed by atoms with Gasteiger partial charge in [-0.3, -0.25) is 0 Å². The van der Waals surface area contributed by atoms with Crippen LogP contribution < -0.4 is 10.1 Å². The van der Waals surface area contributed by atoms with E-state index >= 15 is 0 Å². The van der Waals surface area contributed by atoms with Crippen molar-refractivity contribution in [2.45, 2.75) is 32.4 Å². The monoisotopic (exact) mass is 345 g/mol. The summed E-state index contributed by atoms with van der Waals surface area (Å²) >= 11 is 3.56. The lowest BCUT2D eigenvalue weighted by Crippen LogP contribution is -2.26. The third-order valence-corrected chi connectivity index (χ3v) is 5.05. The van der Waals surface area contributed by atoms with Crippen LogP contribution in [0.1, 0.15) is 40.8 Å². The standard InChI is InChI=1S/C18H20BrNO/c1-11-4-7-17-14(8-11)16(20-3)10-18(21-17)13-5-6-15(19)12(2)9-13/h4-9,16,18,20H,10H2,1-3H3. The maximum Gasteiger partial charge on any atom is 0.126 e. The molecule has 0 radical (unpaired) electrons. The number of hydrogen-bond donors (Lipinski definition) is 1. The van der Waals surface area contributed by atoms with Gasteiger partial charge in [0.25, 0.3) is 0 Å². The third-order valence-electron chi connectivity index (χ3n) is 4.16. The summed E-state index contributed by atoms with van der Waals surface area (Å²) < 4.78 is 7.39. The predicted molar refractivity (Wildman–Crippen MR) is 89.8 cm³/mol. The molecule has 2 atom stereocenters. The minimum atomic E-state index is 0.101. The van der Waals surface area contributed by atoms with Crippen molar-refractivity contribution in [1.29, 1.82) is 0 Å². The third kappa shape index (κ3) is 2.85. The van der Waals surface area contributed by atoms with Crippen LogP contribution >= 0.6 is 15.9 Å². The van der Waals surface area contributed by atoms with Crippen molar-refractivity contribution < 1.29 is 4.74 Å². The number of nitrogens with one attached hydrogen (secondary N) is 1. The van der Waals surface area contributed by atoms with Gasteiger partial charge in [0.1, 0.15) is 11.9 Å². The van der Waals surface area contributed by atoms with Crippen LogP contribution in [-0.2, 0) is 0 Å². The molecule has 0 amide bonds. The molecule has 0 aliphatic carbocycles. The smallest absolute Gasteiger partial charge is 0.126 e. The van der Waals surface area contributed by atoms with Crippen LogP contribution in [0.4, 0.5) is 0 Å². The van der Waals surface area contributed by atoms with Gasteiger partial charge in [0, 0.05) is 22.5 Å². The number of halogens is 1. The quantitative estimate of drug-likeness (QED) is 0.839. The normalized spacial score (nSPS) is 20.8. The first kappa shape index (κ1) is 14.6. The van der Waals surface area contributed by atoms with Crippen LogP contribution in [0.15, 0.2) is 40.9 Å². The van der Waals surface area contributed by atoms with Crippen molar-refractivity contribution in [3.8, 4) is 5.75 Å². The van der Waals surface area contributed by atoms with E-state index in [1.54, 1.807) is 0 Å². The molecule has 21 heavy (non-hydrogen) atoms. The maximum absolute atomic E-state index is 6.24. The maximum atomic E-state index is 6.24. The largest absolute Gasteiger partial charge is 0.485 e. The summed E-state index contributed by atoms with van der Waals surface area (Å²) in [5.41, 5.74) is 5.02. The number of hydrogen-bond acceptors (Lipinski definition) is 2. The second-order valence-corrected chi connectivity index (χ2v) is 6.59. The summed E-state index contributed by atoms with van der Waals surface area (Å²) in [5.74, 6) is 0.997. The Morgan fingerprint density at radius 2 is 1.95 bits per heavy atom. The lowest BCUT2D eigenvalue weighted by Gasteiger charge is -2.33. The molecule has 0 saturated carbocycles. The molecule has 1 N–H and O–H groups in total. The second kappa shape index (κ2) is 5.82. The van der Waals surface area contributed by atoms with Gasteiger partial charge < -0.3 is 10.1 Å². The second-order valence-electron chi connectivity index (χ2n) is 5.73. The van der Waals surface area contributed by atoms with Crippen molar-refractivity contribution in [2.24, 2.45) is 0 Å². The first-order chi connectivity index (χ1) is 10.1. The Morgan fingerprint density at radius 1 is 1.14 bits per heavy atom. The Morgan fingerprint density at radius 3 is 2.67 bits per heavy atom. The molecule has 3 rings (SSSR count). The van der Waals surface area contributed by atoms with Crippen LogP contribution in [0.5, 0.6) is 5.75 Å². The molecule has 0 bridgehead atoms. The summed E-state index contributed by atoms with van der Waals surface area (Å²) in [6.45, 7) is 4.24. The molecule has 0 spiro atoms. The summed E-state index contributed by atoms with van der Waals surface area (Å²) in [5, 5.41) is 3.42. The van der Waals surface area contributed by atoms with Crippen LogP contribution in [0.2, 0.25) is 0 Å². The number of benzene rings is 2. The zero-order valence-electron chi connectivity index (χ0n) is 12.6. The molecule has 3 heteroatoms. The van der Waals surface area contributed by atoms with E-state index in [9.17, 15) is 0 Å². The molecule has 1 aliphatic heterocycles. The number of ether oxygens (including phenoxy) is 1. The lowest BCUT2D eigenvalue weighted by atomic mass is 9.91. The fourth-order valence-electron chi connectivity index (χ4n) is 2.94. The predicted octanol–water partition coefficient (Wildman–Crippen LogP) is 4.85. The summed E-state index contributed by atoms with van der Waals surface area (Å²) in [4.78, 5) is 0. The van der Waals surface area contributed by atoms with Gasteiger partial charge in [-0.25, -0.2) is 0 Å². The number of aryl methyl sites for hydroxylation is 2. The molecule has 2 unspecified atom stereocenters. The van der Waals surface area contributed by atoms with Gasteiger partial charge in [-0.05, 0) is 44.2 Å². The van der Waals surface area contributed by atoms with Crippen molar-refractivity contribution >= 4 is 15.9 Å². The van der Waals surface area contributed by atoms with Gasteiger partial charge in [0.2, 0.25) is 0 Å². The van der Waals surface area contributed by atoms with Gasteiger partial charge in [0.15, 0.2) is 0 Å². The van der Waals surface area contributed by atoms with Gasteiger partial charge in [-0.2, -0.15) is 0 Å². The molecule has 1 aliphatic rings. The molecule has 2 nitrogen and oxygen atoms in total. The lowest BCUT2D eigenvalue weighted by molar-refractivity contribution is 0.154. The number of rotatable bonds is 2. The van der Waals surface area contributed by atoms with E-state index in [4.69, 9.17) is 4.74 Å². The first-order valence-corrected chi connectivity index (χ1v) is 8.08. The SMILES string of the molecule is CNC1CC(c2ccc(Br)c(C)c2)Oc2ccc(C)cc21. The molecule has 0 aromatic heterocycles. The zero-order valence-corrected chi connectivity index (χ0v) is 14.2. The molecule has 0 saturated heterocycles. The fraction of sp³-hybridized carbons (Fsp3) is 0.333. The highest BCUT2D eigenvalue weighted by molar-refractivity contribution is 9.10. The topological polar surface area (TPSA) is 21.3 Å². The Bertz CT molecular complexity index is 668. The van der Waals surface area contributed by atoms with E-state index < -0.39 is 0 Å². The highest BCUT2D eigenvalue weighted by Gasteiger charge is 2.28. The highest BCUT2D eigenvalue weighted by Crippen LogP contribution is 2.41. The average molecular weight is 346 g/mol. The van der Waals surface area contributed by atoms with Gasteiger partial charge >= 0.3 is 0 Å². The molecule has 1 heterocycles. The summed E-state index contributed by atoms with van der Waals surface area (Å²) in [6, 6.07) is 13.2. The molecule has 2 aromatic carbocycles. The van der Waals surface area contributed by atoms with Crippen molar-refractivity contribution in [3.63, 3.8) is 0 Å². The molecular weight excluding hydrogens is 326 g/mol. The van der Waals surface area contributed by atoms with Crippen LogP contribution in [0.25, 0.3) is 0 Å². The van der Waals surface area contributed by atoms with Crippen molar-refractivity contribution in [2.75, 3.05) is 7.05 Å². The highest BCUT2D eigenvalue weighted by atomic mass is 79.9. The van der Waals surface area contributed by atoms with E-state index in [2.05, 4.69) is 71.5 Å². The average Bonchev–Trinajstić information content (AvgIpc) is 2.49. The van der Waals surface area contributed by atoms with E-state index in [0.717, 1.165) is 16.6 Å².